The average molecular weight is 211 g/mol. The maximum absolute atomic E-state index is 9.20. The summed E-state index contributed by atoms with van der Waals surface area (Å²) in [6.07, 6.45) is 5.86. The van der Waals surface area contributed by atoms with Gasteiger partial charge in [-0.1, -0.05) is 0 Å². The Hall–Kier alpha value is -0.870. The van der Waals surface area contributed by atoms with Crippen LogP contribution in [0.5, 0.6) is 0 Å². The van der Waals surface area contributed by atoms with E-state index in [1.165, 1.54) is 5.56 Å². The van der Waals surface area contributed by atoms with Gasteiger partial charge < -0.3 is 10.4 Å². The van der Waals surface area contributed by atoms with E-state index in [0.717, 1.165) is 19.4 Å². The molecule has 0 bridgehead atoms. The highest BCUT2D eigenvalue weighted by molar-refractivity contribution is 4.99. The first-order valence-electron chi connectivity index (χ1n) is 5.38. The molecule has 0 aliphatic rings. The highest BCUT2D eigenvalue weighted by Gasteiger charge is 2.19. The minimum absolute atomic E-state index is 0.164. The van der Waals surface area contributed by atoms with Crippen molar-refractivity contribution >= 4 is 0 Å². The van der Waals surface area contributed by atoms with Crippen LogP contribution in [-0.2, 0) is 6.54 Å². The molecule has 1 aromatic heterocycles. The van der Waals surface area contributed by atoms with E-state index >= 15 is 0 Å². The fourth-order valence-corrected chi connectivity index (χ4v) is 1.50. The molecule has 0 fully saturated rings. The zero-order chi connectivity index (χ0) is 11.3. The van der Waals surface area contributed by atoms with Crippen molar-refractivity contribution in [2.24, 2.45) is 0 Å². The van der Waals surface area contributed by atoms with Crippen molar-refractivity contribution in [2.45, 2.75) is 38.8 Å². The zero-order valence-corrected chi connectivity index (χ0v) is 9.82. The quantitative estimate of drug-likeness (QED) is 0.736. The molecule has 2 N–H and O–H groups in total. The molecule has 1 heterocycles. The average Bonchev–Trinajstić information content (AvgIpc) is 2.64. The van der Waals surface area contributed by atoms with Gasteiger partial charge in [-0.15, -0.1) is 0 Å². The molecule has 0 aromatic carbocycles. The van der Waals surface area contributed by atoms with E-state index in [1.807, 2.05) is 38.0 Å². The molecule has 0 saturated carbocycles. The number of aliphatic hydroxyl groups is 1. The number of aliphatic hydroxyl groups excluding tert-OH is 1. The number of aryl methyl sites for hydroxylation is 2. The van der Waals surface area contributed by atoms with E-state index in [4.69, 9.17) is 0 Å². The van der Waals surface area contributed by atoms with Gasteiger partial charge in [-0.2, -0.15) is 5.10 Å². The largest absolute Gasteiger partial charge is 0.394 e. The summed E-state index contributed by atoms with van der Waals surface area (Å²) >= 11 is 0. The summed E-state index contributed by atoms with van der Waals surface area (Å²) in [5, 5.41) is 16.6. The number of hydrogen-bond acceptors (Lipinski definition) is 3. The van der Waals surface area contributed by atoms with Gasteiger partial charge in [0, 0.05) is 18.3 Å². The number of aromatic nitrogens is 2. The first kappa shape index (κ1) is 12.2. The molecule has 0 saturated heterocycles. The second-order valence-electron chi connectivity index (χ2n) is 4.35. The topological polar surface area (TPSA) is 50.1 Å². The van der Waals surface area contributed by atoms with Crippen molar-refractivity contribution in [3.8, 4) is 0 Å². The van der Waals surface area contributed by atoms with Crippen LogP contribution in [0.3, 0.4) is 0 Å². The lowest BCUT2D eigenvalue weighted by Crippen LogP contribution is -2.43. The molecule has 1 atom stereocenters. The van der Waals surface area contributed by atoms with Crippen LogP contribution >= 0.6 is 0 Å². The molecule has 86 valence electrons. The second-order valence-corrected chi connectivity index (χ2v) is 4.35. The Bertz CT molecular complexity index is 292. The van der Waals surface area contributed by atoms with Crippen molar-refractivity contribution in [1.82, 2.24) is 15.1 Å². The van der Waals surface area contributed by atoms with Gasteiger partial charge in [-0.3, -0.25) is 4.68 Å². The Labute approximate surface area is 91.3 Å². The Morgan fingerprint density at radius 2 is 2.33 bits per heavy atom. The van der Waals surface area contributed by atoms with Crippen molar-refractivity contribution < 1.29 is 5.11 Å². The number of rotatable bonds is 6. The molecule has 15 heavy (non-hydrogen) atoms. The van der Waals surface area contributed by atoms with Crippen molar-refractivity contribution in [2.75, 3.05) is 13.7 Å². The second kappa shape index (κ2) is 5.28. The fraction of sp³-hybridized carbons (Fsp3) is 0.727. The first-order chi connectivity index (χ1) is 7.09. The standard InChI is InChI=1S/C11H21N3O/c1-10-7-13-14(8-10)6-4-5-11(2,9-15)12-3/h7-8,12,15H,4-6,9H2,1-3H3. The van der Waals surface area contributed by atoms with Gasteiger partial charge in [-0.25, -0.2) is 0 Å². The van der Waals surface area contributed by atoms with Gasteiger partial charge in [-0.05, 0) is 39.3 Å². The third-order valence-electron chi connectivity index (χ3n) is 2.83. The summed E-state index contributed by atoms with van der Waals surface area (Å²) < 4.78 is 1.95. The van der Waals surface area contributed by atoms with E-state index in [-0.39, 0.29) is 12.1 Å². The monoisotopic (exact) mass is 211 g/mol. The van der Waals surface area contributed by atoms with E-state index in [1.54, 1.807) is 0 Å². The van der Waals surface area contributed by atoms with E-state index in [0.29, 0.717) is 0 Å². The summed E-state index contributed by atoms with van der Waals surface area (Å²) in [5.74, 6) is 0. The first-order valence-corrected chi connectivity index (χ1v) is 5.38. The van der Waals surface area contributed by atoms with Gasteiger partial charge in [0.2, 0.25) is 0 Å². The number of nitrogens with one attached hydrogen (secondary N) is 1. The van der Waals surface area contributed by atoms with E-state index in [2.05, 4.69) is 10.4 Å². The molecule has 0 aliphatic heterocycles. The van der Waals surface area contributed by atoms with Crippen LogP contribution in [0.15, 0.2) is 12.4 Å². The molecule has 0 radical (unpaired) electrons. The van der Waals surface area contributed by atoms with Crippen LogP contribution in [0, 0.1) is 6.92 Å². The number of nitrogens with zero attached hydrogens (tertiary/aromatic N) is 2. The third kappa shape index (κ3) is 3.64. The minimum atomic E-state index is -0.164. The van der Waals surface area contributed by atoms with Gasteiger partial charge in [0.1, 0.15) is 0 Å². The van der Waals surface area contributed by atoms with Crippen LogP contribution in [0.1, 0.15) is 25.3 Å². The van der Waals surface area contributed by atoms with E-state index < -0.39 is 0 Å². The summed E-state index contributed by atoms with van der Waals surface area (Å²) in [6.45, 7) is 5.14. The number of hydrogen-bond donors (Lipinski definition) is 2. The van der Waals surface area contributed by atoms with E-state index in [9.17, 15) is 5.11 Å². The lowest BCUT2D eigenvalue weighted by Gasteiger charge is -2.26. The Morgan fingerprint density at radius 1 is 1.60 bits per heavy atom. The molecule has 0 aliphatic carbocycles. The highest BCUT2D eigenvalue weighted by Crippen LogP contribution is 2.11. The van der Waals surface area contributed by atoms with Gasteiger partial charge >= 0.3 is 0 Å². The Kier molecular flexibility index (Phi) is 4.29. The maximum Gasteiger partial charge on any atom is 0.0610 e. The molecule has 4 heteroatoms. The summed E-state index contributed by atoms with van der Waals surface area (Å²) in [5.41, 5.74) is 1.02. The Morgan fingerprint density at radius 3 is 2.80 bits per heavy atom. The Balaban J connectivity index is 2.32. The van der Waals surface area contributed by atoms with Crippen LogP contribution < -0.4 is 5.32 Å². The van der Waals surface area contributed by atoms with Crippen LogP contribution in [0.4, 0.5) is 0 Å². The van der Waals surface area contributed by atoms with Crippen molar-refractivity contribution in [3.05, 3.63) is 18.0 Å². The molecule has 1 aromatic rings. The van der Waals surface area contributed by atoms with Crippen LogP contribution in [0.25, 0.3) is 0 Å². The predicted molar refractivity (Wildman–Crippen MR) is 60.7 cm³/mol. The zero-order valence-electron chi connectivity index (χ0n) is 9.82. The highest BCUT2D eigenvalue weighted by atomic mass is 16.3. The van der Waals surface area contributed by atoms with Gasteiger partial charge in [0.25, 0.3) is 0 Å². The van der Waals surface area contributed by atoms with Gasteiger partial charge in [0.15, 0.2) is 0 Å². The SMILES string of the molecule is CNC(C)(CO)CCCn1cc(C)cn1. The number of likely N-dealkylation sites (N-methyl/N-ethyl adjacent to an activating group) is 1. The fourth-order valence-electron chi connectivity index (χ4n) is 1.50. The molecule has 0 spiro atoms. The minimum Gasteiger partial charge on any atom is -0.394 e. The third-order valence-corrected chi connectivity index (χ3v) is 2.83. The summed E-state index contributed by atoms with van der Waals surface area (Å²) in [4.78, 5) is 0. The lowest BCUT2D eigenvalue weighted by molar-refractivity contribution is 0.169. The summed E-state index contributed by atoms with van der Waals surface area (Å²) in [6, 6.07) is 0. The predicted octanol–water partition coefficient (Wildman–Crippen LogP) is 0.942. The smallest absolute Gasteiger partial charge is 0.0610 e. The molecule has 1 unspecified atom stereocenters. The van der Waals surface area contributed by atoms with Crippen molar-refractivity contribution in [1.29, 1.82) is 0 Å². The molecule has 1 rings (SSSR count). The van der Waals surface area contributed by atoms with Gasteiger partial charge in [0.05, 0.1) is 12.8 Å². The summed E-state index contributed by atoms with van der Waals surface area (Å²) in [7, 11) is 1.88. The molecular weight excluding hydrogens is 190 g/mol. The maximum atomic E-state index is 9.20. The van der Waals surface area contributed by atoms with Crippen LogP contribution in [0.2, 0.25) is 0 Å². The van der Waals surface area contributed by atoms with Crippen LogP contribution in [-0.4, -0.2) is 34.1 Å². The van der Waals surface area contributed by atoms with Crippen molar-refractivity contribution in [3.63, 3.8) is 0 Å². The molecule has 4 nitrogen and oxygen atoms in total. The normalized spacial score (nSPS) is 15.2. The lowest BCUT2D eigenvalue weighted by atomic mass is 9.97. The molecular formula is C11H21N3O. The molecule has 0 amide bonds.